The number of thioether (sulfide) groups is 1. The smallest absolute Gasteiger partial charge is 0.119 e. The topological polar surface area (TPSA) is 33.0 Å². The summed E-state index contributed by atoms with van der Waals surface area (Å²) in [7, 11) is 0. The van der Waals surface area contributed by atoms with E-state index in [2.05, 4.69) is 38.1 Å². The van der Waals surface area contributed by atoms with Crippen molar-refractivity contribution in [2.75, 3.05) is 12.4 Å². The van der Waals surface area contributed by atoms with E-state index in [0.717, 1.165) is 17.9 Å². The SMILES string of the molecule is Cc1ccc(SCCCOc2ccc(C#N)cc2)c(C)c1. The van der Waals surface area contributed by atoms with Crippen LogP contribution in [0.15, 0.2) is 47.4 Å². The minimum Gasteiger partial charge on any atom is -0.494 e. The van der Waals surface area contributed by atoms with Gasteiger partial charge in [0, 0.05) is 10.6 Å². The van der Waals surface area contributed by atoms with Crippen LogP contribution in [0.25, 0.3) is 0 Å². The van der Waals surface area contributed by atoms with Crippen LogP contribution in [0.3, 0.4) is 0 Å². The molecule has 2 nitrogen and oxygen atoms in total. The standard InChI is InChI=1S/C18H19NOS/c1-14-4-9-18(15(2)12-14)21-11-3-10-20-17-7-5-16(13-19)6-8-17/h4-9,12H,3,10-11H2,1-2H3. The van der Waals surface area contributed by atoms with Crippen LogP contribution >= 0.6 is 11.8 Å². The maximum Gasteiger partial charge on any atom is 0.119 e. The number of hydrogen-bond acceptors (Lipinski definition) is 3. The molecule has 2 aromatic rings. The average molecular weight is 297 g/mol. The number of rotatable bonds is 6. The molecule has 0 N–H and O–H groups in total. The number of nitrogens with zero attached hydrogens (tertiary/aromatic N) is 1. The molecule has 2 aromatic carbocycles. The molecule has 0 aliphatic heterocycles. The van der Waals surface area contributed by atoms with E-state index < -0.39 is 0 Å². The summed E-state index contributed by atoms with van der Waals surface area (Å²) in [6.07, 6.45) is 0.998. The highest BCUT2D eigenvalue weighted by molar-refractivity contribution is 7.99. The molecule has 108 valence electrons. The second-order valence-corrected chi connectivity index (χ2v) is 6.09. The van der Waals surface area contributed by atoms with Crippen molar-refractivity contribution in [1.29, 1.82) is 5.26 Å². The Labute approximate surface area is 130 Å². The third-order valence-corrected chi connectivity index (χ3v) is 4.39. The van der Waals surface area contributed by atoms with E-state index >= 15 is 0 Å². The summed E-state index contributed by atoms with van der Waals surface area (Å²) in [5.41, 5.74) is 3.31. The Morgan fingerprint density at radius 1 is 1.10 bits per heavy atom. The molecular formula is C18H19NOS. The first-order chi connectivity index (χ1) is 10.2. The monoisotopic (exact) mass is 297 g/mol. The molecule has 0 bridgehead atoms. The lowest BCUT2D eigenvalue weighted by atomic mass is 10.2. The molecule has 0 fully saturated rings. The normalized spacial score (nSPS) is 10.1. The Kier molecular flexibility index (Phi) is 5.71. The van der Waals surface area contributed by atoms with Gasteiger partial charge in [0.05, 0.1) is 18.2 Å². The summed E-state index contributed by atoms with van der Waals surface area (Å²) < 4.78 is 5.67. The third kappa shape index (κ3) is 4.84. The molecular weight excluding hydrogens is 278 g/mol. The first-order valence-electron chi connectivity index (χ1n) is 7.02. The first-order valence-corrected chi connectivity index (χ1v) is 8.00. The minimum atomic E-state index is 0.660. The molecule has 2 rings (SSSR count). The van der Waals surface area contributed by atoms with Gasteiger partial charge in [-0.1, -0.05) is 17.7 Å². The fraction of sp³-hybridized carbons (Fsp3) is 0.278. The molecule has 0 aromatic heterocycles. The van der Waals surface area contributed by atoms with Crippen LogP contribution in [-0.4, -0.2) is 12.4 Å². The van der Waals surface area contributed by atoms with Crippen LogP contribution in [0.5, 0.6) is 5.75 Å². The highest BCUT2D eigenvalue weighted by Crippen LogP contribution is 2.23. The molecule has 0 spiro atoms. The van der Waals surface area contributed by atoms with Crippen LogP contribution in [0.2, 0.25) is 0 Å². The molecule has 0 unspecified atom stereocenters. The zero-order chi connectivity index (χ0) is 15.1. The molecule has 0 heterocycles. The Bertz CT molecular complexity index is 629. The number of ether oxygens (including phenoxy) is 1. The fourth-order valence-corrected chi connectivity index (χ4v) is 2.95. The van der Waals surface area contributed by atoms with Crippen molar-refractivity contribution in [3.63, 3.8) is 0 Å². The van der Waals surface area contributed by atoms with Crippen LogP contribution < -0.4 is 4.74 Å². The molecule has 3 heteroatoms. The summed E-state index contributed by atoms with van der Waals surface area (Å²) in [5.74, 6) is 1.87. The highest BCUT2D eigenvalue weighted by atomic mass is 32.2. The second-order valence-electron chi connectivity index (χ2n) is 4.96. The van der Waals surface area contributed by atoms with Crippen LogP contribution in [0.1, 0.15) is 23.1 Å². The van der Waals surface area contributed by atoms with Gasteiger partial charge in [-0.05, 0) is 56.2 Å². The van der Waals surface area contributed by atoms with E-state index in [-0.39, 0.29) is 0 Å². The maximum atomic E-state index is 8.73. The van der Waals surface area contributed by atoms with Crippen molar-refractivity contribution in [1.82, 2.24) is 0 Å². The lowest BCUT2D eigenvalue weighted by Crippen LogP contribution is -1.98. The van der Waals surface area contributed by atoms with E-state index in [1.165, 1.54) is 16.0 Å². The Morgan fingerprint density at radius 2 is 1.86 bits per heavy atom. The quantitative estimate of drug-likeness (QED) is 0.570. The van der Waals surface area contributed by atoms with Crippen LogP contribution in [-0.2, 0) is 0 Å². The summed E-state index contributed by atoms with van der Waals surface area (Å²) in [6, 6.07) is 15.9. The van der Waals surface area contributed by atoms with Gasteiger partial charge in [-0.2, -0.15) is 5.26 Å². The fourth-order valence-electron chi connectivity index (χ4n) is 2.02. The van der Waals surface area contributed by atoms with Gasteiger partial charge in [0.2, 0.25) is 0 Å². The summed E-state index contributed by atoms with van der Waals surface area (Å²) in [6.45, 7) is 4.97. The van der Waals surface area contributed by atoms with Crippen molar-refractivity contribution in [2.24, 2.45) is 0 Å². The van der Waals surface area contributed by atoms with Crippen LogP contribution in [0.4, 0.5) is 0 Å². The third-order valence-electron chi connectivity index (χ3n) is 3.13. The van der Waals surface area contributed by atoms with Gasteiger partial charge < -0.3 is 4.74 Å². The molecule has 0 radical (unpaired) electrons. The second kappa shape index (κ2) is 7.75. The van der Waals surface area contributed by atoms with Gasteiger partial charge in [-0.15, -0.1) is 11.8 Å². The minimum absolute atomic E-state index is 0.660. The van der Waals surface area contributed by atoms with Gasteiger partial charge in [0.25, 0.3) is 0 Å². The highest BCUT2D eigenvalue weighted by Gasteiger charge is 2.00. The summed E-state index contributed by atoms with van der Waals surface area (Å²) in [4.78, 5) is 1.35. The molecule has 0 amide bonds. The van der Waals surface area contributed by atoms with E-state index in [0.29, 0.717) is 12.2 Å². The predicted molar refractivity (Wildman–Crippen MR) is 87.9 cm³/mol. The molecule has 0 saturated heterocycles. The van der Waals surface area contributed by atoms with E-state index in [1.807, 2.05) is 23.9 Å². The van der Waals surface area contributed by atoms with Gasteiger partial charge in [-0.25, -0.2) is 0 Å². The van der Waals surface area contributed by atoms with E-state index in [9.17, 15) is 0 Å². The molecule has 0 saturated carbocycles. The van der Waals surface area contributed by atoms with Gasteiger partial charge >= 0.3 is 0 Å². The Hall–Kier alpha value is -1.92. The van der Waals surface area contributed by atoms with Gasteiger partial charge in [0.1, 0.15) is 5.75 Å². The lowest BCUT2D eigenvalue weighted by Gasteiger charge is -2.08. The Morgan fingerprint density at radius 3 is 2.52 bits per heavy atom. The lowest BCUT2D eigenvalue weighted by molar-refractivity contribution is 0.318. The summed E-state index contributed by atoms with van der Waals surface area (Å²) >= 11 is 1.87. The predicted octanol–water partition coefficient (Wildman–Crippen LogP) is 4.74. The largest absolute Gasteiger partial charge is 0.494 e. The van der Waals surface area contributed by atoms with Crippen LogP contribution in [0, 0.1) is 25.2 Å². The van der Waals surface area contributed by atoms with Crippen molar-refractivity contribution >= 4 is 11.8 Å². The Balaban J connectivity index is 1.71. The molecule has 21 heavy (non-hydrogen) atoms. The van der Waals surface area contributed by atoms with E-state index in [1.54, 1.807) is 12.1 Å². The number of aryl methyl sites for hydroxylation is 2. The molecule has 0 aliphatic rings. The van der Waals surface area contributed by atoms with Crippen molar-refractivity contribution in [3.8, 4) is 11.8 Å². The summed E-state index contributed by atoms with van der Waals surface area (Å²) in [5, 5.41) is 8.73. The molecule has 0 aliphatic carbocycles. The van der Waals surface area contributed by atoms with E-state index in [4.69, 9.17) is 10.00 Å². The van der Waals surface area contributed by atoms with Crippen molar-refractivity contribution in [3.05, 3.63) is 59.2 Å². The number of nitriles is 1. The van der Waals surface area contributed by atoms with Gasteiger partial charge in [0.15, 0.2) is 0 Å². The first kappa shape index (κ1) is 15.5. The van der Waals surface area contributed by atoms with Crippen molar-refractivity contribution < 1.29 is 4.74 Å². The zero-order valence-electron chi connectivity index (χ0n) is 12.4. The zero-order valence-corrected chi connectivity index (χ0v) is 13.2. The molecule has 0 atom stereocenters. The maximum absolute atomic E-state index is 8.73. The van der Waals surface area contributed by atoms with Crippen molar-refractivity contribution in [2.45, 2.75) is 25.2 Å². The number of hydrogen-bond donors (Lipinski definition) is 0. The number of benzene rings is 2. The average Bonchev–Trinajstić information content (AvgIpc) is 2.49. The van der Waals surface area contributed by atoms with Gasteiger partial charge in [-0.3, -0.25) is 0 Å².